The first-order valence-electron chi connectivity index (χ1n) is 4.11. The number of thioether (sulfide) groups is 1. The summed E-state index contributed by atoms with van der Waals surface area (Å²) in [7, 11) is 0. The minimum absolute atomic E-state index is 0.145. The van der Waals surface area contributed by atoms with Gasteiger partial charge in [-0.3, -0.25) is 4.79 Å². The van der Waals surface area contributed by atoms with Gasteiger partial charge in [0.25, 0.3) is 0 Å². The highest BCUT2D eigenvalue weighted by atomic mass is 32.2. The van der Waals surface area contributed by atoms with Crippen LogP contribution >= 0.6 is 11.8 Å². The third kappa shape index (κ3) is 2.14. The third-order valence-electron chi connectivity index (χ3n) is 2.14. The van der Waals surface area contributed by atoms with Gasteiger partial charge in [0.2, 0.25) is 5.91 Å². The summed E-state index contributed by atoms with van der Waals surface area (Å²) in [5.74, 6) is 0.670. The second kappa shape index (κ2) is 4.14. The van der Waals surface area contributed by atoms with Gasteiger partial charge in [0.15, 0.2) is 0 Å². The van der Waals surface area contributed by atoms with Crippen LogP contribution in [0, 0.1) is 0 Å². The summed E-state index contributed by atoms with van der Waals surface area (Å²) >= 11 is 1.53. The molecule has 0 radical (unpaired) electrons. The number of carbonyl (C=O) groups is 1. The highest BCUT2D eigenvalue weighted by Crippen LogP contribution is 2.17. The first kappa shape index (κ1) is 9.86. The monoisotopic (exact) mass is 189 g/mol. The van der Waals surface area contributed by atoms with Gasteiger partial charge in [-0.2, -0.15) is 11.8 Å². The summed E-state index contributed by atoms with van der Waals surface area (Å²) < 4.78 is 0. The molecule has 0 aromatic rings. The highest BCUT2D eigenvalue weighted by molar-refractivity contribution is 7.99. The largest absolute Gasteiger partial charge is 0.391 e. The van der Waals surface area contributed by atoms with E-state index in [0.717, 1.165) is 6.42 Å². The van der Waals surface area contributed by atoms with E-state index in [0.29, 0.717) is 12.3 Å². The number of aliphatic hydroxyl groups excluding tert-OH is 1. The van der Waals surface area contributed by atoms with Crippen LogP contribution in [0.1, 0.15) is 13.3 Å². The third-order valence-corrected chi connectivity index (χ3v) is 2.68. The summed E-state index contributed by atoms with van der Waals surface area (Å²) in [6.07, 6.45) is 2.32. The number of hydrogen-bond acceptors (Lipinski definition) is 3. The summed E-state index contributed by atoms with van der Waals surface area (Å²) in [6, 6.07) is 0.208. The number of nitrogens with zero attached hydrogens (tertiary/aromatic N) is 1. The van der Waals surface area contributed by atoms with Gasteiger partial charge in [-0.05, 0) is 19.6 Å². The molecule has 0 aromatic carbocycles. The Balaban J connectivity index is 2.46. The Morgan fingerprint density at radius 3 is 2.83 bits per heavy atom. The Labute approximate surface area is 77.1 Å². The Hall–Kier alpha value is -0.220. The molecule has 1 saturated heterocycles. The van der Waals surface area contributed by atoms with Gasteiger partial charge in [-0.25, -0.2) is 0 Å². The molecule has 2 atom stereocenters. The van der Waals surface area contributed by atoms with Gasteiger partial charge in [0.1, 0.15) is 0 Å². The number of aliphatic hydroxyl groups is 1. The molecule has 1 heterocycles. The van der Waals surface area contributed by atoms with Gasteiger partial charge in [-0.1, -0.05) is 0 Å². The van der Waals surface area contributed by atoms with Crippen LogP contribution in [0.2, 0.25) is 0 Å². The molecule has 0 aliphatic carbocycles. The fraction of sp³-hybridized carbons (Fsp3) is 0.875. The molecule has 1 fully saturated rings. The average molecular weight is 189 g/mol. The quantitative estimate of drug-likeness (QED) is 0.680. The van der Waals surface area contributed by atoms with E-state index >= 15 is 0 Å². The van der Waals surface area contributed by atoms with Crippen molar-refractivity contribution >= 4 is 17.7 Å². The van der Waals surface area contributed by atoms with E-state index in [2.05, 4.69) is 0 Å². The lowest BCUT2D eigenvalue weighted by atomic mass is 10.2. The highest BCUT2D eigenvalue weighted by Gasteiger charge is 2.30. The molecule has 1 amide bonds. The molecular formula is C8H15NO2S. The minimum Gasteiger partial charge on any atom is -0.391 e. The molecule has 3 nitrogen and oxygen atoms in total. The predicted molar refractivity (Wildman–Crippen MR) is 50.2 cm³/mol. The van der Waals surface area contributed by atoms with Crippen LogP contribution in [0.5, 0.6) is 0 Å². The number of amides is 1. The van der Waals surface area contributed by atoms with Gasteiger partial charge in [-0.15, -0.1) is 0 Å². The number of β-amino-alcohol motifs (C(OH)–C–C–N with tert-alkyl or cyclic N) is 1. The lowest BCUT2D eigenvalue weighted by molar-refractivity contribution is -0.129. The standard InChI is InChI=1S/C8H15NO2S/c1-6-3-7(10)4-9(6)8(11)5-12-2/h6-7,10H,3-5H2,1-2H3. The second-order valence-corrected chi connectivity index (χ2v) is 4.08. The fourth-order valence-electron chi connectivity index (χ4n) is 1.56. The Morgan fingerprint density at radius 2 is 2.42 bits per heavy atom. The molecule has 4 heteroatoms. The minimum atomic E-state index is -0.314. The van der Waals surface area contributed by atoms with E-state index in [1.54, 1.807) is 4.90 Å². The van der Waals surface area contributed by atoms with E-state index in [9.17, 15) is 9.90 Å². The zero-order valence-corrected chi connectivity index (χ0v) is 8.30. The van der Waals surface area contributed by atoms with Crippen LogP contribution < -0.4 is 0 Å². The molecular weight excluding hydrogens is 174 g/mol. The van der Waals surface area contributed by atoms with Gasteiger partial charge in [0.05, 0.1) is 11.9 Å². The lowest BCUT2D eigenvalue weighted by Crippen LogP contribution is -2.35. The number of carbonyl (C=O) groups excluding carboxylic acids is 1. The lowest BCUT2D eigenvalue weighted by Gasteiger charge is -2.20. The molecule has 1 rings (SSSR count). The summed E-state index contributed by atoms with van der Waals surface area (Å²) in [5, 5.41) is 9.29. The van der Waals surface area contributed by atoms with Crippen molar-refractivity contribution in [1.29, 1.82) is 0 Å². The molecule has 0 saturated carbocycles. The first-order valence-corrected chi connectivity index (χ1v) is 5.51. The zero-order chi connectivity index (χ0) is 9.14. The molecule has 1 aliphatic heterocycles. The van der Waals surface area contributed by atoms with Crippen LogP contribution in [-0.4, -0.2) is 46.6 Å². The van der Waals surface area contributed by atoms with Crippen molar-refractivity contribution in [2.75, 3.05) is 18.6 Å². The molecule has 1 N–H and O–H groups in total. The maximum Gasteiger partial charge on any atom is 0.232 e. The van der Waals surface area contributed by atoms with E-state index in [1.165, 1.54) is 11.8 Å². The molecule has 0 bridgehead atoms. The predicted octanol–water partition coefficient (Wildman–Crippen LogP) is 0.331. The van der Waals surface area contributed by atoms with Crippen LogP contribution in [0.25, 0.3) is 0 Å². The van der Waals surface area contributed by atoms with Crippen LogP contribution in [-0.2, 0) is 4.79 Å². The van der Waals surface area contributed by atoms with Gasteiger partial charge in [0, 0.05) is 12.6 Å². The normalized spacial score (nSPS) is 29.4. The molecule has 1 aliphatic rings. The van der Waals surface area contributed by atoms with Gasteiger partial charge < -0.3 is 10.0 Å². The van der Waals surface area contributed by atoms with Crippen molar-refractivity contribution < 1.29 is 9.90 Å². The summed E-state index contributed by atoms with van der Waals surface area (Å²) in [6.45, 7) is 2.50. The number of rotatable bonds is 2. The summed E-state index contributed by atoms with van der Waals surface area (Å²) in [4.78, 5) is 13.2. The van der Waals surface area contributed by atoms with E-state index in [4.69, 9.17) is 0 Å². The van der Waals surface area contributed by atoms with E-state index in [-0.39, 0.29) is 18.1 Å². The zero-order valence-electron chi connectivity index (χ0n) is 7.49. The number of likely N-dealkylation sites (tertiary alicyclic amines) is 1. The Bertz CT molecular complexity index is 174. The van der Waals surface area contributed by atoms with Crippen molar-refractivity contribution in [3.05, 3.63) is 0 Å². The number of hydrogen-bond donors (Lipinski definition) is 1. The SMILES string of the molecule is CSCC(=O)N1CC(O)CC1C. The molecule has 70 valence electrons. The van der Waals surface area contributed by atoms with E-state index < -0.39 is 0 Å². The van der Waals surface area contributed by atoms with Crippen molar-refractivity contribution in [2.45, 2.75) is 25.5 Å². The van der Waals surface area contributed by atoms with Crippen LogP contribution in [0.15, 0.2) is 0 Å². The molecule has 12 heavy (non-hydrogen) atoms. The maximum atomic E-state index is 11.4. The topological polar surface area (TPSA) is 40.5 Å². The molecule has 0 spiro atoms. The Kier molecular flexibility index (Phi) is 3.40. The van der Waals surface area contributed by atoms with Crippen molar-refractivity contribution in [3.8, 4) is 0 Å². The summed E-state index contributed by atoms with van der Waals surface area (Å²) in [5.41, 5.74) is 0. The molecule has 0 aromatic heterocycles. The smallest absolute Gasteiger partial charge is 0.232 e. The first-order chi connectivity index (χ1) is 5.65. The Morgan fingerprint density at radius 1 is 1.75 bits per heavy atom. The van der Waals surface area contributed by atoms with Crippen LogP contribution in [0.4, 0.5) is 0 Å². The van der Waals surface area contributed by atoms with Crippen LogP contribution in [0.3, 0.4) is 0 Å². The van der Waals surface area contributed by atoms with Crippen molar-refractivity contribution in [1.82, 2.24) is 4.90 Å². The average Bonchev–Trinajstić information content (AvgIpc) is 2.30. The van der Waals surface area contributed by atoms with Crippen molar-refractivity contribution in [2.24, 2.45) is 0 Å². The fourth-order valence-corrected chi connectivity index (χ4v) is 1.97. The second-order valence-electron chi connectivity index (χ2n) is 3.22. The molecule has 2 unspecified atom stereocenters. The van der Waals surface area contributed by atoms with Gasteiger partial charge >= 0.3 is 0 Å². The maximum absolute atomic E-state index is 11.4. The van der Waals surface area contributed by atoms with Crippen molar-refractivity contribution in [3.63, 3.8) is 0 Å². The van der Waals surface area contributed by atoms with E-state index in [1.807, 2.05) is 13.2 Å².